The molecule has 2 N–H and O–H groups in total. The summed E-state index contributed by atoms with van der Waals surface area (Å²) in [5.74, 6) is 0.893. The van der Waals surface area contributed by atoms with Crippen molar-refractivity contribution in [3.8, 4) is 0 Å². The quantitative estimate of drug-likeness (QED) is 0.905. The van der Waals surface area contributed by atoms with Crippen molar-refractivity contribution in [1.82, 2.24) is 15.2 Å². The summed E-state index contributed by atoms with van der Waals surface area (Å²) in [6.07, 6.45) is 2.09. The average Bonchev–Trinajstić information content (AvgIpc) is 2.98. The van der Waals surface area contributed by atoms with Gasteiger partial charge in [0.25, 0.3) is 0 Å². The maximum atomic E-state index is 10.2. The minimum absolute atomic E-state index is 0.149. The second-order valence-electron chi connectivity index (χ2n) is 5.29. The Balaban J connectivity index is 1.72. The number of aromatic amines is 1. The highest BCUT2D eigenvalue weighted by atomic mass is 35.5. The Morgan fingerprint density at radius 3 is 3.05 bits per heavy atom. The van der Waals surface area contributed by atoms with Gasteiger partial charge in [-0.3, -0.25) is 5.10 Å². The molecule has 0 unspecified atom stereocenters. The van der Waals surface area contributed by atoms with Gasteiger partial charge < -0.3 is 10.0 Å². The average molecular weight is 293 g/mol. The molecule has 0 bridgehead atoms. The molecule has 0 spiro atoms. The highest BCUT2D eigenvalue weighted by Crippen LogP contribution is 2.29. The molecule has 3 rings (SSSR count). The summed E-state index contributed by atoms with van der Waals surface area (Å²) >= 11 is 6.16. The lowest BCUT2D eigenvalue weighted by Gasteiger charge is -2.17. The van der Waals surface area contributed by atoms with Crippen LogP contribution < -0.4 is 4.90 Å². The topological polar surface area (TPSA) is 65.0 Å². The predicted molar refractivity (Wildman–Crippen MR) is 78.0 cm³/mol. The third-order valence-corrected chi connectivity index (χ3v) is 3.97. The van der Waals surface area contributed by atoms with Crippen molar-refractivity contribution in [1.29, 1.82) is 0 Å². The van der Waals surface area contributed by atoms with Gasteiger partial charge in [0.15, 0.2) is 0 Å². The number of pyridine rings is 1. The van der Waals surface area contributed by atoms with Gasteiger partial charge in [-0.25, -0.2) is 4.98 Å². The van der Waals surface area contributed by atoms with Crippen molar-refractivity contribution in [2.24, 2.45) is 5.92 Å². The van der Waals surface area contributed by atoms with Crippen molar-refractivity contribution in [2.45, 2.75) is 19.4 Å². The van der Waals surface area contributed by atoms with E-state index in [0.717, 1.165) is 30.2 Å². The third-order valence-electron chi connectivity index (χ3n) is 3.68. The number of nitrogens with zero attached hydrogens (tertiary/aromatic N) is 3. The van der Waals surface area contributed by atoms with E-state index in [2.05, 4.69) is 15.2 Å². The van der Waals surface area contributed by atoms with E-state index in [1.807, 2.05) is 30.0 Å². The zero-order valence-corrected chi connectivity index (χ0v) is 12.0. The van der Waals surface area contributed by atoms with Crippen LogP contribution in [-0.4, -0.2) is 39.5 Å². The first-order chi connectivity index (χ1) is 9.63. The molecule has 0 aliphatic carbocycles. The standard InChI is InChI=1S/C14H17ClN4O/c1-9-5-11(18-17-9)6-10-7-19(8-13(10)20)14-12(15)3-2-4-16-14/h2-5,10,13,20H,6-8H2,1H3,(H,17,18)/t10-,13+/m1/s1. The highest BCUT2D eigenvalue weighted by molar-refractivity contribution is 6.32. The molecule has 20 heavy (non-hydrogen) atoms. The van der Waals surface area contributed by atoms with Crippen molar-refractivity contribution in [3.05, 3.63) is 40.8 Å². The van der Waals surface area contributed by atoms with Gasteiger partial charge in [-0.1, -0.05) is 11.6 Å². The van der Waals surface area contributed by atoms with Gasteiger partial charge in [-0.05, 0) is 31.5 Å². The molecule has 0 radical (unpaired) electrons. The first kappa shape index (κ1) is 13.4. The molecule has 0 aromatic carbocycles. The number of halogens is 1. The van der Waals surface area contributed by atoms with Crippen LogP contribution in [0.5, 0.6) is 0 Å². The van der Waals surface area contributed by atoms with Crippen LogP contribution in [-0.2, 0) is 6.42 Å². The van der Waals surface area contributed by atoms with E-state index in [0.29, 0.717) is 11.6 Å². The van der Waals surface area contributed by atoms with Gasteiger partial charge in [-0.15, -0.1) is 0 Å². The number of hydrogen-bond acceptors (Lipinski definition) is 4. The summed E-state index contributed by atoms with van der Waals surface area (Å²) in [5.41, 5.74) is 2.03. The fourth-order valence-corrected chi connectivity index (χ4v) is 2.93. The van der Waals surface area contributed by atoms with Crippen LogP contribution in [0.15, 0.2) is 24.4 Å². The summed E-state index contributed by atoms with van der Waals surface area (Å²) in [7, 11) is 0. The highest BCUT2D eigenvalue weighted by Gasteiger charge is 2.33. The van der Waals surface area contributed by atoms with E-state index in [1.54, 1.807) is 6.20 Å². The van der Waals surface area contributed by atoms with Crippen LogP contribution >= 0.6 is 11.6 Å². The lowest BCUT2D eigenvalue weighted by molar-refractivity contribution is 0.148. The lowest BCUT2D eigenvalue weighted by Crippen LogP contribution is -2.22. The van der Waals surface area contributed by atoms with Gasteiger partial charge in [0, 0.05) is 30.9 Å². The number of rotatable bonds is 3. The molecule has 6 heteroatoms. The third kappa shape index (κ3) is 2.64. The van der Waals surface area contributed by atoms with Crippen LogP contribution in [0.3, 0.4) is 0 Å². The number of aromatic nitrogens is 3. The molecule has 0 saturated carbocycles. The number of aliphatic hydroxyl groups excluding tert-OH is 1. The summed E-state index contributed by atoms with van der Waals surface area (Å²) in [4.78, 5) is 6.34. The van der Waals surface area contributed by atoms with Crippen molar-refractivity contribution in [3.63, 3.8) is 0 Å². The van der Waals surface area contributed by atoms with Gasteiger partial charge in [-0.2, -0.15) is 5.10 Å². The summed E-state index contributed by atoms with van der Waals surface area (Å²) < 4.78 is 0. The van der Waals surface area contributed by atoms with Gasteiger partial charge in [0.2, 0.25) is 0 Å². The first-order valence-corrected chi connectivity index (χ1v) is 7.05. The molecule has 1 aliphatic rings. The number of nitrogens with one attached hydrogen (secondary N) is 1. The first-order valence-electron chi connectivity index (χ1n) is 6.68. The Bertz CT molecular complexity index is 600. The minimum Gasteiger partial charge on any atom is -0.391 e. The number of H-pyrrole nitrogens is 1. The van der Waals surface area contributed by atoms with Crippen molar-refractivity contribution in [2.75, 3.05) is 18.0 Å². The number of aryl methyl sites for hydroxylation is 1. The fraction of sp³-hybridized carbons (Fsp3) is 0.429. The van der Waals surface area contributed by atoms with Gasteiger partial charge in [0.05, 0.1) is 16.8 Å². The summed E-state index contributed by atoms with van der Waals surface area (Å²) in [5, 5.41) is 18.0. The summed E-state index contributed by atoms with van der Waals surface area (Å²) in [6, 6.07) is 5.64. The minimum atomic E-state index is -0.384. The molecule has 1 fully saturated rings. The second-order valence-corrected chi connectivity index (χ2v) is 5.69. The van der Waals surface area contributed by atoms with Crippen LogP contribution in [0.4, 0.5) is 5.82 Å². The van der Waals surface area contributed by atoms with Crippen LogP contribution in [0.2, 0.25) is 5.02 Å². The maximum absolute atomic E-state index is 10.2. The summed E-state index contributed by atoms with van der Waals surface area (Å²) in [6.45, 7) is 3.27. The number of β-amino-alcohol motifs (C(OH)–C–C–N with tert-alkyl or cyclic N) is 1. The van der Waals surface area contributed by atoms with Gasteiger partial charge >= 0.3 is 0 Å². The molecule has 0 amide bonds. The number of hydrogen-bond donors (Lipinski definition) is 2. The van der Waals surface area contributed by atoms with E-state index in [1.165, 1.54) is 0 Å². The normalized spacial score (nSPS) is 22.4. The molecular weight excluding hydrogens is 276 g/mol. The van der Waals surface area contributed by atoms with E-state index in [9.17, 15) is 5.11 Å². The van der Waals surface area contributed by atoms with Crippen LogP contribution in [0, 0.1) is 12.8 Å². The molecule has 2 aromatic rings. The largest absolute Gasteiger partial charge is 0.391 e. The SMILES string of the molecule is Cc1cc(C[C@@H]2CN(c3ncccc3Cl)C[C@@H]2O)n[nH]1. The van der Waals surface area contributed by atoms with E-state index in [4.69, 9.17) is 11.6 Å². The maximum Gasteiger partial charge on any atom is 0.147 e. The molecule has 1 aliphatic heterocycles. The number of anilines is 1. The lowest BCUT2D eigenvalue weighted by atomic mass is 10.0. The number of aliphatic hydroxyl groups is 1. The van der Waals surface area contributed by atoms with Crippen LogP contribution in [0.25, 0.3) is 0 Å². The zero-order chi connectivity index (χ0) is 14.1. The Morgan fingerprint density at radius 1 is 1.50 bits per heavy atom. The second kappa shape index (κ2) is 5.42. The Morgan fingerprint density at radius 2 is 2.35 bits per heavy atom. The Hall–Kier alpha value is -1.59. The predicted octanol–water partition coefficient (Wildman–Crippen LogP) is 1.81. The Labute approximate surface area is 122 Å². The monoisotopic (exact) mass is 292 g/mol. The molecular formula is C14H17ClN4O. The van der Waals surface area contributed by atoms with Gasteiger partial charge in [0.1, 0.15) is 5.82 Å². The van der Waals surface area contributed by atoms with E-state index < -0.39 is 0 Å². The molecule has 2 atom stereocenters. The molecule has 2 aromatic heterocycles. The molecule has 3 heterocycles. The molecule has 106 valence electrons. The fourth-order valence-electron chi connectivity index (χ4n) is 2.69. The van der Waals surface area contributed by atoms with E-state index >= 15 is 0 Å². The van der Waals surface area contributed by atoms with Crippen LogP contribution in [0.1, 0.15) is 11.4 Å². The smallest absolute Gasteiger partial charge is 0.147 e. The van der Waals surface area contributed by atoms with Crippen molar-refractivity contribution >= 4 is 17.4 Å². The Kier molecular flexibility index (Phi) is 3.63. The van der Waals surface area contributed by atoms with Crippen molar-refractivity contribution < 1.29 is 5.11 Å². The molecule has 1 saturated heterocycles. The molecule has 5 nitrogen and oxygen atoms in total. The zero-order valence-electron chi connectivity index (χ0n) is 11.3. The van der Waals surface area contributed by atoms with E-state index in [-0.39, 0.29) is 12.0 Å².